The maximum absolute atomic E-state index is 13.0. The Balaban J connectivity index is 1.35. The second-order valence-electron chi connectivity index (χ2n) is 8.69. The van der Waals surface area contributed by atoms with Crippen LogP contribution in [-0.2, 0) is 5.24 Å². The number of anilines is 2. The highest BCUT2D eigenvalue weighted by molar-refractivity contribution is 6.56. The molecule has 168 valence electrons. The molecule has 12 heteroatoms. The van der Waals surface area contributed by atoms with Crippen LogP contribution in [0.3, 0.4) is 0 Å². The zero-order valence-electron chi connectivity index (χ0n) is 19.3. The summed E-state index contributed by atoms with van der Waals surface area (Å²) >= 11 is 0. The molecular weight excluding hydrogens is 437 g/mol. The highest BCUT2D eigenvalue weighted by atomic mass is 16.1. The zero-order chi connectivity index (χ0) is 24.6. The van der Waals surface area contributed by atoms with E-state index >= 15 is 0 Å². The van der Waals surface area contributed by atoms with Crippen molar-refractivity contribution in [3.05, 3.63) is 60.8 Å². The maximum atomic E-state index is 13.0. The van der Waals surface area contributed by atoms with Crippen LogP contribution in [0.5, 0.6) is 0 Å². The summed E-state index contributed by atoms with van der Waals surface area (Å²) in [6, 6.07) is 7.20. The smallest absolute Gasteiger partial charge is 0.257 e. The number of piperazine rings is 1. The first-order valence-electron chi connectivity index (χ1n) is 11.2. The zero-order valence-corrected chi connectivity index (χ0v) is 19.3. The van der Waals surface area contributed by atoms with Crippen molar-refractivity contribution in [1.82, 2.24) is 29.6 Å². The van der Waals surface area contributed by atoms with Gasteiger partial charge in [-0.2, -0.15) is 5.10 Å². The molecule has 35 heavy (non-hydrogen) atoms. The predicted molar refractivity (Wildman–Crippen MR) is 138 cm³/mol. The third kappa shape index (κ3) is 5.07. The van der Waals surface area contributed by atoms with Gasteiger partial charge in [-0.15, -0.1) is 0 Å². The lowest BCUT2D eigenvalue weighted by Crippen LogP contribution is -2.44. The fourth-order valence-corrected chi connectivity index (χ4v) is 3.90. The molecule has 1 N–H and O–H groups in total. The van der Waals surface area contributed by atoms with Crippen molar-refractivity contribution in [2.24, 2.45) is 0 Å². The van der Waals surface area contributed by atoms with Crippen LogP contribution >= 0.6 is 0 Å². The number of aromatic nitrogens is 5. The Morgan fingerprint density at radius 1 is 0.971 bits per heavy atom. The number of carbonyl (C=O) groups excluding carboxylic acids is 1. The van der Waals surface area contributed by atoms with E-state index in [9.17, 15) is 4.79 Å². The van der Waals surface area contributed by atoms with E-state index < -0.39 is 5.24 Å². The quantitative estimate of drug-likeness (QED) is 0.446. The lowest BCUT2D eigenvalue weighted by atomic mass is 9.49. The van der Waals surface area contributed by atoms with Crippen molar-refractivity contribution >= 4 is 52.0 Å². The van der Waals surface area contributed by atoms with Crippen molar-refractivity contribution in [3.8, 4) is 11.1 Å². The lowest BCUT2D eigenvalue weighted by Gasteiger charge is -2.33. The van der Waals surface area contributed by atoms with Gasteiger partial charge in [0.2, 0.25) is 0 Å². The van der Waals surface area contributed by atoms with Gasteiger partial charge in [0.1, 0.15) is 11.6 Å². The number of carbonyl (C=O) groups is 1. The molecule has 5 rings (SSSR count). The van der Waals surface area contributed by atoms with E-state index in [2.05, 4.69) is 42.2 Å². The monoisotopic (exact) mass is 458 g/mol. The number of nitrogens with one attached hydrogen (secondary N) is 1. The maximum Gasteiger partial charge on any atom is 0.257 e. The van der Waals surface area contributed by atoms with Crippen LogP contribution in [0.1, 0.15) is 10.4 Å². The average molecular weight is 458 g/mol. The Hall–Kier alpha value is -3.66. The van der Waals surface area contributed by atoms with Gasteiger partial charge in [0.05, 0.1) is 41.4 Å². The fraction of sp³-hybridized carbons (Fsp3) is 0.261. The molecule has 0 saturated carbocycles. The van der Waals surface area contributed by atoms with E-state index in [1.165, 1.54) is 4.68 Å². The largest absolute Gasteiger partial charge is 0.354 e. The third-order valence-electron chi connectivity index (χ3n) is 5.96. The van der Waals surface area contributed by atoms with Crippen molar-refractivity contribution < 1.29 is 4.79 Å². The Morgan fingerprint density at radius 2 is 1.77 bits per heavy atom. The second-order valence-corrected chi connectivity index (χ2v) is 8.69. The minimum Gasteiger partial charge on any atom is -0.354 e. The highest BCUT2D eigenvalue weighted by Crippen LogP contribution is 2.24. The first-order chi connectivity index (χ1) is 16.8. The molecule has 0 spiro atoms. The number of amides is 1. The van der Waals surface area contributed by atoms with Crippen LogP contribution in [0, 0.1) is 0 Å². The van der Waals surface area contributed by atoms with E-state index in [1.807, 2.05) is 12.1 Å². The summed E-state index contributed by atoms with van der Waals surface area (Å²) in [5.41, 5.74) is 2.75. The van der Waals surface area contributed by atoms with E-state index in [-0.39, 0.29) is 5.91 Å². The molecular formula is C23H21B3N8O. The van der Waals surface area contributed by atoms with Gasteiger partial charge >= 0.3 is 0 Å². The minimum atomic E-state index is -1.60. The molecule has 1 amide bonds. The molecule has 1 saturated heterocycles. The lowest BCUT2D eigenvalue weighted by molar-refractivity contribution is 0.102. The Bertz CT molecular complexity index is 1380. The summed E-state index contributed by atoms with van der Waals surface area (Å²) in [5, 5.41) is 6.19. The molecule has 0 atom stereocenters. The van der Waals surface area contributed by atoms with E-state index in [4.69, 9.17) is 23.5 Å². The van der Waals surface area contributed by atoms with E-state index in [0.29, 0.717) is 16.9 Å². The van der Waals surface area contributed by atoms with Crippen molar-refractivity contribution in [1.29, 1.82) is 0 Å². The molecule has 1 aliphatic heterocycles. The van der Waals surface area contributed by atoms with Crippen molar-refractivity contribution in [2.45, 2.75) is 5.24 Å². The summed E-state index contributed by atoms with van der Waals surface area (Å²) in [7, 11) is 19.2. The summed E-state index contributed by atoms with van der Waals surface area (Å²) in [5.74, 6) is 0.952. The minimum absolute atomic E-state index is 0.259. The van der Waals surface area contributed by atoms with Gasteiger partial charge in [0.15, 0.2) is 0 Å². The molecule has 0 aromatic carbocycles. The van der Waals surface area contributed by atoms with Crippen molar-refractivity contribution in [3.63, 3.8) is 0 Å². The van der Waals surface area contributed by atoms with Gasteiger partial charge < -0.3 is 15.1 Å². The van der Waals surface area contributed by atoms with Gasteiger partial charge in [-0.3, -0.25) is 14.5 Å². The Kier molecular flexibility index (Phi) is 6.06. The summed E-state index contributed by atoms with van der Waals surface area (Å²) < 4.78 is 1.27. The topological polar surface area (TPSA) is 92.1 Å². The SMILES string of the molecule is [B]C([B])([B])n1cc(-c2cnc3cnc(NC(=O)c4ccnc(N5CCN(C)CC5)c4)cc3c2)cn1. The van der Waals surface area contributed by atoms with E-state index in [1.54, 1.807) is 43.1 Å². The third-order valence-corrected chi connectivity index (χ3v) is 5.96. The molecule has 9 nitrogen and oxygen atoms in total. The molecule has 5 heterocycles. The van der Waals surface area contributed by atoms with Crippen LogP contribution in [0.15, 0.2) is 55.2 Å². The van der Waals surface area contributed by atoms with Crippen molar-refractivity contribution in [2.75, 3.05) is 43.4 Å². The number of hydrogen-bond acceptors (Lipinski definition) is 7. The first kappa shape index (κ1) is 23.1. The molecule has 6 radical (unpaired) electrons. The van der Waals surface area contributed by atoms with Gasteiger partial charge in [-0.25, -0.2) is 9.97 Å². The summed E-state index contributed by atoms with van der Waals surface area (Å²) in [4.78, 5) is 30.6. The van der Waals surface area contributed by atoms with E-state index in [0.717, 1.165) is 48.5 Å². The van der Waals surface area contributed by atoms with Gasteiger partial charge in [0.25, 0.3) is 5.91 Å². The van der Waals surface area contributed by atoms with Crippen LogP contribution in [0.4, 0.5) is 11.6 Å². The predicted octanol–water partition coefficient (Wildman–Crippen LogP) is 0.966. The second kappa shape index (κ2) is 9.18. The van der Waals surface area contributed by atoms with Crippen LogP contribution < -0.4 is 10.2 Å². The molecule has 0 bridgehead atoms. The Morgan fingerprint density at radius 3 is 2.51 bits per heavy atom. The highest BCUT2D eigenvalue weighted by Gasteiger charge is 2.17. The summed E-state index contributed by atoms with van der Waals surface area (Å²) in [6.45, 7) is 3.67. The number of pyridine rings is 3. The van der Waals surface area contributed by atoms with Gasteiger partial charge in [-0.1, -0.05) is 0 Å². The molecule has 1 aliphatic rings. The normalized spacial score (nSPS) is 14.8. The van der Waals surface area contributed by atoms with Crippen LogP contribution in [0.2, 0.25) is 0 Å². The molecule has 1 fully saturated rings. The van der Waals surface area contributed by atoms with Crippen LogP contribution in [-0.4, -0.2) is 92.3 Å². The summed E-state index contributed by atoms with van der Waals surface area (Å²) in [6.07, 6.45) is 8.23. The number of likely N-dealkylation sites (N-methyl/N-ethyl adjacent to an activating group) is 1. The average Bonchev–Trinajstić information content (AvgIpc) is 3.35. The fourth-order valence-electron chi connectivity index (χ4n) is 3.90. The molecule has 0 unspecified atom stereocenters. The number of nitrogens with zero attached hydrogens (tertiary/aromatic N) is 7. The molecule has 4 aromatic rings. The molecule has 0 aliphatic carbocycles. The van der Waals surface area contributed by atoms with Gasteiger partial charge in [-0.05, 0) is 36.6 Å². The number of fused-ring (bicyclic) bond motifs is 1. The molecule has 4 aromatic heterocycles. The van der Waals surface area contributed by atoms with Crippen LogP contribution in [0.25, 0.3) is 22.0 Å². The first-order valence-corrected chi connectivity index (χ1v) is 11.2. The number of hydrogen-bond donors (Lipinski definition) is 1. The van der Waals surface area contributed by atoms with Gasteiger partial charge in [0, 0.05) is 66.8 Å². The number of rotatable bonds is 5. The standard InChI is InChI=1S/C23H21B3N8O/c1-32-4-6-33(7-5-32)21-10-15(2-3-27-21)22(35)31-20-9-16-8-17(11-28-19(16)13-29-20)18-12-30-34(14-18)23(24,25)26/h2-3,8-14H,4-7H2,1H3,(H,29,31,35). The Labute approximate surface area is 207 Å².